The van der Waals surface area contributed by atoms with E-state index in [0.29, 0.717) is 30.1 Å². The van der Waals surface area contributed by atoms with Crippen molar-refractivity contribution in [2.45, 2.75) is 38.8 Å². The Morgan fingerprint density at radius 3 is 2.41 bits per heavy atom. The van der Waals surface area contributed by atoms with E-state index in [0.717, 1.165) is 26.9 Å². The van der Waals surface area contributed by atoms with Crippen LogP contribution in [-0.4, -0.2) is 43.5 Å². The number of hydrogen-bond donors (Lipinski definition) is 0. The maximum Gasteiger partial charge on any atom is 0.279 e. The molecule has 0 aliphatic rings. The minimum Gasteiger partial charge on any atom is -0.383 e. The van der Waals surface area contributed by atoms with Crippen LogP contribution in [0.3, 0.4) is 0 Å². The van der Waals surface area contributed by atoms with Crippen molar-refractivity contribution in [2.75, 3.05) is 20.3 Å². The minimum absolute atomic E-state index is 0.143. The number of fused-ring (bicyclic) bond motifs is 1. The molecule has 1 aromatic heterocycles. The predicted molar refractivity (Wildman–Crippen MR) is 147 cm³/mol. The molecule has 0 atom stereocenters. The molecule has 0 fully saturated rings. The molecule has 37 heavy (non-hydrogen) atoms. The highest BCUT2D eigenvalue weighted by atomic mass is 32.2. The number of rotatable bonds is 9. The number of thiazole rings is 1. The first-order valence-electron chi connectivity index (χ1n) is 12.1. The average Bonchev–Trinajstić information content (AvgIpc) is 3.23. The van der Waals surface area contributed by atoms with Gasteiger partial charge in [0.1, 0.15) is 0 Å². The van der Waals surface area contributed by atoms with Gasteiger partial charge < -0.3 is 9.30 Å². The van der Waals surface area contributed by atoms with E-state index in [4.69, 9.17) is 4.74 Å². The number of ether oxygens (including phenoxy) is 1. The van der Waals surface area contributed by atoms with Gasteiger partial charge in [0.25, 0.3) is 5.91 Å². The summed E-state index contributed by atoms with van der Waals surface area (Å²) in [6.45, 7) is 7.57. The van der Waals surface area contributed by atoms with Gasteiger partial charge in [-0.15, -0.1) is 0 Å². The summed E-state index contributed by atoms with van der Waals surface area (Å²) in [5, 5.41) is 0. The number of nitrogens with zero attached hydrogens (tertiary/aromatic N) is 3. The quantitative estimate of drug-likeness (QED) is 0.304. The number of carbonyl (C=O) groups excluding carboxylic acids is 1. The number of aromatic nitrogens is 1. The molecule has 0 aliphatic heterocycles. The molecule has 3 aromatic carbocycles. The van der Waals surface area contributed by atoms with Crippen LogP contribution in [0.5, 0.6) is 0 Å². The first-order valence-corrected chi connectivity index (χ1v) is 14.3. The van der Waals surface area contributed by atoms with Gasteiger partial charge in [0.15, 0.2) is 4.80 Å². The smallest absolute Gasteiger partial charge is 0.279 e. The standard InChI is InChI=1S/C28H31N3O4S2/c1-5-30(19-22-9-7-6-8-10-22)37(33,34)24-13-11-23(12-14-24)27(32)29-28-31(15-16-35-4)25-18-20(2)17-21(3)26(25)36-28/h6-14,17-18H,5,15-16,19H2,1-4H3. The lowest BCUT2D eigenvalue weighted by atomic mass is 10.1. The number of benzene rings is 3. The second-order valence-corrected chi connectivity index (χ2v) is 11.7. The lowest BCUT2D eigenvalue weighted by molar-refractivity contribution is 0.0997. The van der Waals surface area contributed by atoms with E-state index in [9.17, 15) is 13.2 Å². The monoisotopic (exact) mass is 537 g/mol. The van der Waals surface area contributed by atoms with Crippen LogP contribution in [0.25, 0.3) is 10.2 Å². The van der Waals surface area contributed by atoms with Gasteiger partial charge in [-0.05, 0) is 60.9 Å². The fraction of sp³-hybridized carbons (Fsp3) is 0.286. The van der Waals surface area contributed by atoms with Crippen molar-refractivity contribution in [3.8, 4) is 0 Å². The highest BCUT2D eigenvalue weighted by Gasteiger charge is 2.23. The molecule has 0 bridgehead atoms. The Hall–Kier alpha value is -3.11. The maximum atomic E-state index is 13.2. The van der Waals surface area contributed by atoms with E-state index in [1.54, 1.807) is 7.11 Å². The van der Waals surface area contributed by atoms with E-state index in [-0.39, 0.29) is 11.4 Å². The lowest BCUT2D eigenvalue weighted by Crippen LogP contribution is -2.30. The molecule has 0 saturated heterocycles. The molecule has 1 heterocycles. The van der Waals surface area contributed by atoms with Crippen LogP contribution in [0, 0.1) is 13.8 Å². The Kier molecular flexibility index (Phi) is 8.39. The van der Waals surface area contributed by atoms with E-state index < -0.39 is 15.9 Å². The second kappa shape index (κ2) is 11.5. The van der Waals surface area contributed by atoms with Crippen molar-refractivity contribution in [1.29, 1.82) is 0 Å². The van der Waals surface area contributed by atoms with Crippen LogP contribution in [0.4, 0.5) is 0 Å². The molecule has 9 heteroatoms. The third-order valence-electron chi connectivity index (χ3n) is 6.12. The minimum atomic E-state index is -3.72. The van der Waals surface area contributed by atoms with Crippen molar-refractivity contribution in [2.24, 2.45) is 4.99 Å². The van der Waals surface area contributed by atoms with Crippen molar-refractivity contribution in [1.82, 2.24) is 8.87 Å². The van der Waals surface area contributed by atoms with Gasteiger partial charge in [0, 0.05) is 32.3 Å². The number of aryl methyl sites for hydroxylation is 2. The number of carbonyl (C=O) groups is 1. The van der Waals surface area contributed by atoms with Crippen LogP contribution in [0.1, 0.15) is 34.0 Å². The summed E-state index contributed by atoms with van der Waals surface area (Å²) in [6.07, 6.45) is 0. The highest BCUT2D eigenvalue weighted by Crippen LogP contribution is 2.24. The Balaban J connectivity index is 1.64. The summed E-state index contributed by atoms with van der Waals surface area (Å²) in [5.74, 6) is -0.423. The largest absolute Gasteiger partial charge is 0.383 e. The number of amides is 1. The fourth-order valence-electron chi connectivity index (χ4n) is 4.22. The van der Waals surface area contributed by atoms with Gasteiger partial charge in [-0.3, -0.25) is 4.79 Å². The molecule has 4 rings (SSSR count). The van der Waals surface area contributed by atoms with Gasteiger partial charge in [0.05, 0.1) is 21.7 Å². The van der Waals surface area contributed by atoms with Crippen molar-refractivity contribution < 1.29 is 17.9 Å². The molecule has 0 aliphatic carbocycles. The normalized spacial score (nSPS) is 12.5. The average molecular weight is 538 g/mol. The molecular formula is C28H31N3O4S2. The summed E-state index contributed by atoms with van der Waals surface area (Å²) in [7, 11) is -2.08. The third kappa shape index (κ3) is 5.91. The fourth-order valence-corrected chi connectivity index (χ4v) is 6.76. The Morgan fingerprint density at radius 2 is 1.76 bits per heavy atom. The number of methoxy groups -OCH3 is 1. The molecule has 0 spiro atoms. The van der Waals surface area contributed by atoms with Gasteiger partial charge in [-0.1, -0.05) is 54.7 Å². The predicted octanol–water partition coefficient (Wildman–Crippen LogP) is 4.92. The van der Waals surface area contributed by atoms with Crippen LogP contribution < -0.4 is 4.80 Å². The zero-order valence-electron chi connectivity index (χ0n) is 21.5. The lowest BCUT2D eigenvalue weighted by Gasteiger charge is -2.20. The number of sulfonamides is 1. The van der Waals surface area contributed by atoms with Crippen molar-refractivity contribution in [3.05, 3.63) is 93.8 Å². The van der Waals surface area contributed by atoms with E-state index in [1.165, 1.54) is 39.9 Å². The second-order valence-electron chi connectivity index (χ2n) is 8.82. The van der Waals surface area contributed by atoms with Gasteiger partial charge >= 0.3 is 0 Å². The molecule has 1 amide bonds. The van der Waals surface area contributed by atoms with E-state index in [1.807, 2.05) is 48.7 Å². The van der Waals surface area contributed by atoms with Gasteiger partial charge in [-0.2, -0.15) is 9.30 Å². The molecule has 7 nitrogen and oxygen atoms in total. The van der Waals surface area contributed by atoms with Crippen LogP contribution in [0.15, 0.2) is 76.6 Å². The third-order valence-corrected chi connectivity index (χ3v) is 9.29. The summed E-state index contributed by atoms with van der Waals surface area (Å²) in [6, 6.07) is 19.7. The van der Waals surface area contributed by atoms with Gasteiger partial charge in [-0.25, -0.2) is 8.42 Å². The Morgan fingerprint density at radius 1 is 1.05 bits per heavy atom. The first kappa shape index (κ1) is 26.9. The van der Waals surface area contributed by atoms with Crippen LogP contribution in [-0.2, 0) is 27.8 Å². The maximum absolute atomic E-state index is 13.2. The molecule has 0 radical (unpaired) electrons. The Labute approximate surface area is 221 Å². The van der Waals surface area contributed by atoms with E-state index >= 15 is 0 Å². The summed E-state index contributed by atoms with van der Waals surface area (Å²) >= 11 is 1.47. The van der Waals surface area contributed by atoms with Crippen LogP contribution in [0.2, 0.25) is 0 Å². The highest BCUT2D eigenvalue weighted by molar-refractivity contribution is 7.89. The Bertz CT molecular complexity index is 1570. The van der Waals surface area contributed by atoms with Crippen molar-refractivity contribution in [3.63, 3.8) is 0 Å². The van der Waals surface area contributed by atoms with Crippen LogP contribution >= 0.6 is 11.3 Å². The van der Waals surface area contributed by atoms with Crippen molar-refractivity contribution >= 4 is 37.5 Å². The summed E-state index contributed by atoms with van der Waals surface area (Å²) in [5.41, 5.74) is 4.52. The molecule has 4 aromatic rings. The molecular weight excluding hydrogens is 506 g/mol. The van der Waals surface area contributed by atoms with Gasteiger partial charge in [0.2, 0.25) is 10.0 Å². The zero-order valence-corrected chi connectivity index (χ0v) is 23.1. The topological polar surface area (TPSA) is 81.0 Å². The summed E-state index contributed by atoms with van der Waals surface area (Å²) < 4.78 is 36.3. The SMILES string of the molecule is CCN(Cc1ccccc1)S(=O)(=O)c1ccc(C(=O)N=c2sc3c(C)cc(C)cc3n2CCOC)cc1. The zero-order chi connectivity index (χ0) is 26.6. The molecule has 0 saturated carbocycles. The molecule has 194 valence electrons. The molecule has 0 N–H and O–H groups in total. The molecule has 0 unspecified atom stereocenters. The summed E-state index contributed by atoms with van der Waals surface area (Å²) in [4.78, 5) is 18.2. The van der Waals surface area contributed by atoms with E-state index in [2.05, 4.69) is 24.0 Å². The first-order chi connectivity index (χ1) is 17.7. The number of hydrogen-bond acceptors (Lipinski definition) is 5.